The second-order valence-corrected chi connectivity index (χ2v) is 5.70. The van der Waals surface area contributed by atoms with Gasteiger partial charge in [-0.2, -0.15) is 0 Å². The molecule has 1 aromatic heterocycles. The molecule has 2 rings (SSSR count). The Kier molecular flexibility index (Phi) is 3.38. The highest BCUT2D eigenvalue weighted by Gasteiger charge is 2.36. The van der Waals surface area contributed by atoms with Crippen LogP contribution in [0, 0.1) is 5.41 Å². The standard InChI is InChI=1S/C12H18N2O2S/c1-3-12(4-2)5-6-14(8-12)11-13-7-9(17-11)10(15)16/h7H,3-6,8H2,1-2H3,(H,15,16). The first-order valence-electron chi connectivity index (χ1n) is 6.04. The molecule has 0 saturated carbocycles. The first-order valence-corrected chi connectivity index (χ1v) is 6.86. The van der Waals surface area contributed by atoms with Crippen molar-refractivity contribution < 1.29 is 9.90 Å². The number of carbonyl (C=O) groups is 1. The molecule has 0 aliphatic carbocycles. The summed E-state index contributed by atoms with van der Waals surface area (Å²) < 4.78 is 0. The number of thiazole rings is 1. The second-order valence-electron chi connectivity index (χ2n) is 4.69. The number of hydrogen-bond acceptors (Lipinski definition) is 4. The van der Waals surface area contributed by atoms with Crippen molar-refractivity contribution in [3.63, 3.8) is 0 Å². The average molecular weight is 254 g/mol. The van der Waals surface area contributed by atoms with Crippen LogP contribution in [0.1, 0.15) is 42.8 Å². The fourth-order valence-corrected chi connectivity index (χ4v) is 3.22. The Bertz CT molecular complexity index is 412. The predicted molar refractivity (Wildman–Crippen MR) is 68.9 cm³/mol. The molecule has 0 aromatic carbocycles. The van der Waals surface area contributed by atoms with Crippen LogP contribution in [0.15, 0.2) is 6.20 Å². The molecule has 1 N–H and O–H groups in total. The Morgan fingerprint density at radius 2 is 2.29 bits per heavy atom. The number of aromatic carboxylic acids is 1. The maximum Gasteiger partial charge on any atom is 0.347 e. The summed E-state index contributed by atoms with van der Waals surface area (Å²) in [5, 5.41) is 9.74. The zero-order chi connectivity index (χ0) is 12.5. The number of anilines is 1. The van der Waals surface area contributed by atoms with Crippen LogP contribution in [-0.4, -0.2) is 29.1 Å². The minimum absolute atomic E-state index is 0.325. The number of carboxylic acids is 1. The Balaban J connectivity index is 2.12. The van der Waals surface area contributed by atoms with Crippen LogP contribution in [0.25, 0.3) is 0 Å². The molecule has 94 valence electrons. The van der Waals surface area contributed by atoms with Crippen LogP contribution in [0.2, 0.25) is 0 Å². The lowest BCUT2D eigenvalue weighted by molar-refractivity contribution is 0.0702. The second kappa shape index (κ2) is 4.64. The van der Waals surface area contributed by atoms with E-state index >= 15 is 0 Å². The van der Waals surface area contributed by atoms with Gasteiger partial charge in [0.2, 0.25) is 0 Å². The predicted octanol–water partition coefficient (Wildman–Crippen LogP) is 2.86. The van der Waals surface area contributed by atoms with Crippen molar-refractivity contribution >= 4 is 22.4 Å². The summed E-state index contributed by atoms with van der Waals surface area (Å²) in [5.41, 5.74) is 0.398. The van der Waals surface area contributed by atoms with Gasteiger partial charge in [-0.05, 0) is 24.7 Å². The van der Waals surface area contributed by atoms with Gasteiger partial charge >= 0.3 is 5.97 Å². The van der Waals surface area contributed by atoms with Gasteiger partial charge < -0.3 is 10.0 Å². The summed E-state index contributed by atoms with van der Waals surface area (Å²) in [6.07, 6.45) is 5.00. The zero-order valence-electron chi connectivity index (χ0n) is 10.3. The molecule has 2 heterocycles. The maximum atomic E-state index is 10.8. The smallest absolute Gasteiger partial charge is 0.347 e. The third kappa shape index (κ3) is 2.29. The fraction of sp³-hybridized carbons (Fsp3) is 0.667. The molecular weight excluding hydrogens is 236 g/mol. The quantitative estimate of drug-likeness (QED) is 0.897. The summed E-state index contributed by atoms with van der Waals surface area (Å²) in [6, 6.07) is 0. The third-order valence-electron chi connectivity index (χ3n) is 3.91. The molecule has 1 fully saturated rings. The van der Waals surface area contributed by atoms with Crippen molar-refractivity contribution in [2.75, 3.05) is 18.0 Å². The van der Waals surface area contributed by atoms with Gasteiger partial charge in [-0.15, -0.1) is 0 Å². The van der Waals surface area contributed by atoms with Crippen molar-refractivity contribution in [2.24, 2.45) is 5.41 Å². The molecule has 0 radical (unpaired) electrons. The molecule has 0 unspecified atom stereocenters. The SMILES string of the molecule is CCC1(CC)CCN(c2ncc(C(=O)O)s2)C1. The van der Waals surface area contributed by atoms with Gasteiger partial charge in [0.1, 0.15) is 4.88 Å². The number of rotatable bonds is 4. The van der Waals surface area contributed by atoms with E-state index in [-0.39, 0.29) is 0 Å². The lowest BCUT2D eigenvalue weighted by Gasteiger charge is -2.26. The third-order valence-corrected chi connectivity index (χ3v) is 4.96. The van der Waals surface area contributed by atoms with E-state index in [9.17, 15) is 4.79 Å². The lowest BCUT2D eigenvalue weighted by atomic mass is 9.82. The number of carboxylic acid groups (broad SMARTS) is 1. The Morgan fingerprint density at radius 3 is 2.76 bits per heavy atom. The van der Waals surface area contributed by atoms with Gasteiger partial charge in [0.25, 0.3) is 0 Å². The van der Waals surface area contributed by atoms with Crippen LogP contribution in [0.3, 0.4) is 0 Å². The van der Waals surface area contributed by atoms with E-state index in [4.69, 9.17) is 5.11 Å². The topological polar surface area (TPSA) is 53.4 Å². The van der Waals surface area contributed by atoms with E-state index in [0.717, 1.165) is 18.2 Å². The summed E-state index contributed by atoms with van der Waals surface area (Å²) in [7, 11) is 0. The first kappa shape index (κ1) is 12.4. The molecule has 0 bridgehead atoms. The number of aromatic nitrogens is 1. The van der Waals surface area contributed by atoms with E-state index in [1.807, 2.05) is 0 Å². The average Bonchev–Trinajstić information content (AvgIpc) is 2.96. The number of hydrogen-bond donors (Lipinski definition) is 1. The van der Waals surface area contributed by atoms with Crippen molar-refractivity contribution in [3.8, 4) is 0 Å². The molecule has 17 heavy (non-hydrogen) atoms. The highest BCUT2D eigenvalue weighted by molar-refractivity contribution is 7.17. The normalized spacial score (nSPS) is 18.6. The van der Waals surface area contributed by atoms with Gasteiger partial charge in [0.05, 0.1) is 6.20 Å². The van der Waals surface area contributed by atoms with E-state index in [0.29, 0.717) is 10.3 Å². The molecule has 0 spiro atoms. The largest absolute Gasteiger partial charge is 0.477 e. The molecule has 4 nitrogen and oxygen atoms in total. The molecule has 0 atom stereocenters. The monoisotopic (exact) mass is 254 g/mol. The van der Waals surface area contributed by atoms with E-state index < -0.39 is 5.97 Å². The summed E-state index contributed by atoms with van der Waals surface area (Å²) in [4.78, 5) is 17.6. The van der Waals surface area contributed by atoms with Crippen LogP contribution in [0.5, 0.6) is 0 Å². The molecule has 1 saturated heterocycles. The molecular formula is C12H18N2O2S. The minimum atomic E-state index is -0.884. The Labute approximate surface area is 105 Å². The van der Waals surface area contributed by atoms with Crippen molar-refractivity contribution in [1.82, 2.24) is 4.98 Å². The zero-order valence-corrected chi connectivity index (χ0v) is 11.1. The van der Waals surface area contributed by atoms with Crippen molar-refractivity contribution in [2.45, 2.75) is 33.1 Å². The van der Waals surface area contributed by atoms with Crippen LogP contribution in [0.4, 0.5) is 5.13 Å². The first-order chi connectivity index (χ1) is 8.10. The van der Waals surface area contributed by atoms with Crippen LogP contribution in [-0.2, 0) is 0 Å². The molecule has 1 aliphatic rings. The highest BCUT2D eigenvalue weighted by atomic mass is 32.1. The van der Waals surface area contributed by atoms with Gasteiger partial charge in [-0.25, -0.2) is 9.78 Å². The van der Waals surface area contributed by atoms with E-state index in [1.54, 1.807) is 0 Å². The molecule has 1 aromatic rings. The molecule has 1 aliphatic heterocycles. The van der Waals surface area contributed by atoms with Gasteiger partial charge in [-0.1, -0.05) is 25.2 Å². The highest BCUT2D eigenvalue weighted by Crippen LogP contribution is 2.39. The van der Waals surface area contributed by atoms with E-state index in [1.165, 1.54) is 36.8 Å². The molecule has 5 heteroatoms. The fourth-order valence-electron chi connectivity index (χ4n) is 2.44. The summed E-state index contributed by atoms with van der Waals surface area (Å²) >= 11 is 1.28. The molecule has 0 amide bonds. The van der Waals surface area contributed by atoms with E-state index in [2.05, 4.69) is 23.7 Å². The Morgan fingerprint density at radius 1 is 1.59 bits per heavy atom. The Hall–Kier alpha value is -1.10. The van der Waals surface area contributed by atoms with Gasteiger partial charge in [-0.3, -0.25) is 0 Å². The minimum Gasteiger partial charge on any atom is -0.477 e. The summed E-state index contributed by atoms with van der Waals surface area (Å²) in [6.45, 7) is 6.47. The van der Waals surface area contributed by atoms with Gasteiger partial charge in [0.15, 0.2) is 5.13 Å². The number of nitrogens with zero attached hydrogens (tertiary/aromatic N) is 2. The van der Waals surface area contributed by atoms with Crippen LogP contribution >= 0.6 is 11.3 Å². The lowest BCUT2D eigenvalue weighted by Crippen LogP contribution is -2.25. The van der Waals surface area contributed by atoms with Crippen molar-refractivity contribution in [1.29, 1.82) is 0 Å². The maximum absolute atomic E-state index is 10.8. The van der Waals surface area contributed by atoms with Crippen LogP contribution < -0.4 is 4.90 Å². The van der Waals surface area contributed by atoms with Crippen molar-refractivity contribution in [3.05, 3.63) is 11.1 Å². The van der Waals surface area contributed by atoms with Gasteiger partial charge in [0, 0.05) is 13.1 Å². The summed E-state index contributed by atoms with van der Waals surface area (Å²) in [5.74, 6) is -0.884.